The quantitative estimate of drug-likeness (QED) is 0.442. The van der Waals surface area contributed by atoms with Crippen molar-refractivity contribution in [3.05, 3.63) is 16.2 Å². The first-order valence-corrected chi connectivity index (χ1v) is 8.73. The van der Waals surface area contributed by atoms with Gasteiger partial charge in [-0.1, -0.05) is 0 Å². The van der Waals surface area contributed by atoms with Crippen molar-refractivity contribution in [2.24, 2.45) is 0 Å². The molecule has 1 aromatic carbocycles. The van der Waals surface area contributed by atoms with Crippen LogP contribution in [0.3, 0.4) is 0 Å². The molecule has 0 spiro atoms. The highest BCUT2D eigenvalue weighted by Crippen LogP contribution is 2.39. The third-order valence-electron chi connectivity index (χ3n) is 4.62. The number of benzene rings is 1. The van der Waals surface area contributed by atoms with Gasteiger partial charge in [0.25, 0.3) is 0 Å². The van der Waals surface area contributed by atoms with Gasteiger partial charge in [-0.15, -0.1) is 0 Å². The average molecular weight is 363 g/mol. The summed E-state index contributed by atoms with van der Waals surface area (Å²) >= 11 is 0. The molecule has 0 amide bonds. The molecule has 0 aliphatic carbocycles. The van der Waals surface area contributed by atoms with Crippen LogP contribution in [0.4, 0.5) is 17.1 Å². The topological polar surface area (TPSA) is 104 Å². The van der Waals surface area contributed by atoms with E-state index >= 15 is 0 Å². The van der Waals surface area contributed by atoms with Gasteiger partial charge in [0.05, 0.1) is 10.6 Å². The minimum absolute atomic E-state index is 0.0374. The molecule has 0 bridgehead atoms. The van der Waals surface area contributed by atoms with Crippen LogP contribution in [0, 0.1) is 10.1 Å². The molecule has 1 N–H and O–H groups in total. The number of likely N-dealkylation sites (N-methyl/N-ethyl adjacent to an activating group) is 1. The van der Waals surface area contributed by atoms with Crippen molar-refractivity contribution in [2.45, 2.75) is 6.42 Å². The van der Waals surface area contributed by atoms with Crippen molar-refractivity contribution in [2.75, 3.05) is 70.6 Å². The number of piperazine rings is 1. The molecule has 0 saturated carbocycles. The number of nitro benzene ring substituents is 1. The van der Waals surface area contributed by atoms with E-state index in [1.54, 1.807) is 0 Å². The van der Waals surface area contributed by atoms with Crippen molar-refractivity contribution in [3.63, 3.8) is 0 Å². The Morgan fingerprint density at radius 2 is 1.96 bits per heavy atom. The van der Waals surface area contributed by atoms with Crippen LogP contribution in [0.1, 0.15) is 6.42 Å². The first kappa shape index (κ1) is 18.3. The summed E-state index contributed by atoms with van der Waals surface area (Å²) in [5.41, 5.74) is 1.85. The molecule has 1 aliphatic heterocycles. The van der Waals surface area contributed by atoms with Crippen molar-refractivity contribution in [1.82, 2.24) is 20.1 Å². The molecule has 10 heteroatoms. The molecule has 0 radical (unpaired) electrons. The van der Waals surface area contributed by atoms with E-state index in [1.165, 1.54) is 0 Å². The fraction of sp³-hybridized carbons (Fsp3) is 0.625. The molecule has 2 aromatic rings. The molecule has 10 nitrogen and oxygen atoms in total. The van der Waals surface area contributed by atoms with E-state index in [0.717, 1.165) is 51.4 Å². The van der Waals surface area contributed by atoms with Gasteiger partial charge in [-0.25, -0.2) is 4.63 Å². The maximum absolute atomic E-state index is 11.7. The second-order valence-electron chi connectivity index (χ2n) is 6.88. The Balaban J connectivity index is 1.93. The second-order valence-corrected chi connectivity index (χ2v) is 6.88. The standard InChI is InChI=1S/C16H25N7O3/c1-20(2)6-4-5-17-12-11-13(22-9-7-21(3)8-10-22)16(23(24)25)15-14(12)18-26-19-15/h11,17H,4-10H2,1-3H3. The Bertz CT molecular complexity index is 769. The highest BCUT2D eigenvalue weighted by atomic mass is 16.6. The highest BCUT2D eigenvalue weighted by Gasteiger charge is 2.30. The molecule has 1 fully saturated rings. The predicted octanol–water partition coefficient (Wildman–Crippen LogP) is 1.25. The lowest BCUT2D eigenvalue weighted by Crippen LogP contribution is -2.44. The number of aromatic nitrogens is 2. The molecular formula is C16H25N7O3. The first-order valence-electron chi connectivity index (χ1n) is 8.73. The molecule has 2 heterocycles. The lowest BCUT2D eigenvalue weighted by molar-refractivity contribution is -0.382. The number of fused-ring (bicyclic) bond motifs is 1. The van der Waals surface area contributed by atoms with Crippen molar-refractivity contribution >= 4 is 28.1 Å². The molecule has 0 atom stereocenters. The summed E-state index contributed by atoms with van der Waals surface area (Å²) in [5.74, 6) is 0. The fourth-order valence-corrected chi connectivity index (χ4v) is 3.14. The van der Waals surface area contributed by atoms with Gasteiger partial charge in [-0.2, -0.15) is 0 Å². The first-order chi connectivity index (χ1) is 12.5. The Labute approximate surface area is 151 Å². The number of anilines is 2. The highest BCUT2D eigenvalue weighted by molar-refractivity contribution is 5.99. The third-order valence-corrected chi connectivity index (χ3v) is 4.62. The molecule has 1 aromatic heterocycles. The van der Waals surface area contributed by atoms with Gasteiger partial charge in [0.2, 0.25) is 5.52 Å². The summed E-state index contributed by atoms with van der Waals surface area (Å²) in [6.45, 7) is 4.86. The van der Waals surface area contributed by atoms with Crippen molar-refractivity contribution < 1.29 is 9.55 Å². The number of nitrogens with one attached hydrogen (secondary N) is 1. The minimum atomic E-state index is -0.393. The molecule has 26 heavy (non-hydrogen) atoms. The third kappa shape index (κ3) is 3.86. The van der Waals surface area contributed by atoms with Crippen LogP contribution < -0.4 is 10.2 Å². The van der Waals surface area contributed by atoms with Crippen LogP contribution in [0.15, 0.2) is 10.7 Å². The van der Waals surface area contributed by atoms with E-state index in [2.05, 4.69) is 25.4 Å². The monoisotopic (exact) mass is 363 g/mol. The summed E-state index contributed by atoms with van der Waals surface area (Å²) in [6, 6.07) is 1.81. The summed E-state index contributed by atoms with van der Waals surface area (Å²) < 4.78 is 4.82. The smallest absolute Gasteiger partial charge is 0.323 e. The Kier molecular flexibility index (Phi) is 5.52. The van der Waals surface area contributed by atoms with E-state index in [0.29, 0.717) is 11.2 Å². The lowest BCUT2D eigenvalue weighted by Gasteiger charge is -2.33. The normalized spacial score (nSPS) is 15.8. The van der Waals surface area contributed by atoms with Gasteiger partial charge in [0.15, 0.2) is 5.52 Å². The maximum Gasteiger partial charge on any atom is 0.323 e. The van der Waals surface area contributed by atoms with Crippen LogP contribution in [-0.4, -0.2) is 85.4 Å². The zero-order chi connectivity index (χ0) is 18.7. The van der Waals surface area contributed by atoms with Gasteiger partial charge in [0.1, 0.15) is 5.69 Å². The van der Waals surface area contributed by atoms with Crippen molar-refractivity contribution in [1.29, 1.82) is 0 Å². The Morgan fingerprint density at radius 1 is 1.27 bits per heavy atom. The van der Waals surface area contributed by atoms with E-state index in [1.807, 2.05) is 32.1 Å². The molecule has 1 aliphatic rings. The fourth-order valence-electron chi connectivity index (χ4n) is 3.14. The SMILES string of the molecule is CN(C)CCCNc1cc(N2CCN(C)CC2)c([N+](=O)[O-])c2nonc12. The molecular weight excluding hydrogens is 338 g/mol. The number of nitrogens with zero attached hydrogens (tertiary/aromatic N) is 6. The van der Waals surface area contributed by atoms with E-state index in [-0.39, 0.29) is 11.2 Å². The van der Waals surface area contributed by atoms with Crippen LogP contribution in [0.2, 0.25) is 0 Å². The maximum atomic E-state index is 11.7. The number of hydrogen-bond acceptors (Lipinski definition) is 9. The Morgan fingerprint density at radius 3 is 2.62 bits per heavy atom. The zero-order valence-electron chi connectivity index (χ0n) is 15.4. The molecule has 1 saturated heterocycles. The second kappa shape index (κ2) is 7.83. The van der Waals surface area contributed by atoms with Crippen LogP contribution >= 0.6 is 0 Å². The molecule has 0 unspecified atom stereocenters. The van der Waals surface area contributed by atoms with Crippen LogP contribution in [0.5, 0.6) is 0 Å². The molecule has 3 rings (SSSR count). The minimum Gasteiger partial charge on any atom is -0.383 e. The van der Waals surface area contributed by atoms with Gasteiger partial charge in [0, 0.05) is 32.7 Å². The lowest BCUT2D eigenvalue weighted by atomic mass is 10.1. The van der Waals surface area contributed by atoms with Gasteiger partial charge < -0.3 is 20.0 Å². The number of rotatable bonds is 7. The van der Waals surface area contributed by atoms with Crippen LogP contribution in [-0.2, 0) is 0 Å². The van der Waals surface area contributed by atoms with E-state index < -0.39 is 4.92 Å². The number of nitro groups is 1. The zero-order valence-corrected chi connectivity index (χ0v) is 15.4. The Hall–Kier alpha value is -2.46. The van der Waals surface area contributed by atoms with Gasteiger partial charge >= 0.3 is 5.69 Å². The summed E-state index contributed by atoms with van der Waals surface area (Å²) in [7, 11) is 6.10. The molecule has 142 valence electrons. The summed E-state index contributed by atoms with van der Waals surface area (Å²) in [5, 5.41) is 22.8. The van der Waals surface area contributed by atoms with Gasteiger partial charge in [-0.3, -0.25) is 10.1 Å². The van der Waals surface area contributed by atoms with Crippen molar-refractivity contribution in [3.8, 4) is 0 Å². The van der Waals surface area contributed by atoms with E-state index in [4.69, 9.17) is 4.63 Å². The predicted molar refractivity (Wildman–Crippen MR) is 99.8 cm³/mol. The van der Waals surface area contributed by atoms with E-state index in [9.17, 15) is 10.1 Å². The average Bonchev–Trinajstić information content (AvgIpc) is 3.07. The summed E-state index contributed by atoms with van der Waals surface area (Å²) in [6.07, 6.45) is 0.945. The van der Waals surface area contributed by atoms with Crippen LogP contribution in [0.25, 0.3) is 11.0 Å². The summed E-state index contributed by atoms with van der Waals surface area (Å²) in [4.78, 5) is 17.7. The largest absolute Gasteiger partial charge is 0.383 e. The van der Waals surface area contributed by atoms with Gasteiger partial charge in [-0.05, 0) is 50.5 Å². The number of hydrogen-bond donors (Lipinski definition) is 1.